The Labute approximate surface area is 762 Å². The van der Waals surface area contributed by atoms with Crippen LogP contribution in [0.2, 0.25) is 0 Å². The molecular weight excluding hydrogens is 1690 g/mol. The number of imide groups is 2. The van der Waals surface area contributed by atoms with Crippen molar-refractivity contribution in [3.8, 4) is 0 Å². The van der Waals surface area contributed by atoms with E-state index in [0.29, 0.717) is 121 Å². The fraction of sp³-hybridized carbons (Fsp3) is 0.468. The van der Waals surface area contributed by atoms with Crippen LogP contribution in [-0.4, -0.2) is 228 Å². The minimum atomic E-state index is -0.507. The van der Waals surface area contributed by atoms with Crippen molar-refractivity contribution in [3.63, 3.8) is 0 Å². The molecule has 38 heteroatoms. The van der Waals surface area contributed by atoms with Crippen molar-refractivity contribution in [3.05, 3.63) is 273 Å². The molecule has 132 heavy (non-hydrogen) atoms. The molecule has 3 unspecified atom stereocenters. The van der Waals surface area contributed by atoms with E-state index in [1.54, 1.807) is 35.0 Å². The number of aromatic nitrogens is 13. The molecule has 14 heterocycles. The second kappa shape index (κ2) is 46.6. The number of ether oxygens (including phenoxy) is 3. The molecule has 19 rings (SSSR count). The van der Waals surface area contributed by atoms with Gasteiger partial charge in [0.05, 0.1) is 36.3 Å². The number of nitrogens with zero attached hydrogens (tertiary/aromatic N) is 15. The van der Waals surface area contributed by atoms with Crippen LogP contribution in [0.3, 0.4) is 0 Å². The predicted molar refractivity (Wildman–Crippen MR) is 485 cm³/mol. The summed E-state index contributed by atoms with van der Waals surface area (Å²) in [5.74, 6) is 11.4. The molecule has 5 aromatic heterocycles. The quantitative estimate of drug-likeness (QED) is 0.0265. The third kappa shape index (κ3) is 24.7. The standard InChI is InChI=1S/C24H23N5O3.C22H29N5O3.C22H27N5O2.C16H21N5O.C10H13NO5.H4N2.H2O/c1-15-11-28(12-16-7-3-2-4-8-16)13-19(15)21-25-22(30)20(26-27-21)14-29-23(31)17-9-5-6-10-18(17)24(29)32;1-15-12-27(13-16-5-3-2-4-6-16)14-18(15)20-24-22(29)19(25-26-20)11-23-21(28)17-7-9-30-10-8-17;1-15-12-26(13-16-5-3-2-4-6-16)14-18(15)20-24-22(28)19-11-23-21(27(19)25-20)17-7-9-29-10-8-17;1-11-8-21(9-12-5-3-2-4-6-12)10-13(11)15-18-16(22)14(7-17)19-20-15;12-8-1-2-9(13)11(8)16-10(14)7-3-5-15-6-4-7;1-2;/h2-10,15,19H,11-14H2,1H3,(H,25,27,30);2-6,15,17-18H,7-14H2,1H3,(H,23,28)(H,24,26,29);2-6,11,15,17-18H,7-10,12-14H2,1H3,(H,24,25,28);2-6,11,13H,7-10,17H2,1H3,(H,18,20,22);7H,1-6H2;1-2H2;1H2/t15-,19-;2*15-,18?;11-,13?;;;/m1111.../s1. The maximum atomic E-state index is 12.7. The molecule has 10 aromatic rings. The molecule has 8 atom stereocenters. The van der Waals surface area contributed by atoms with Crippen molar-refractivity contribution in [2.45, 2.75) is 154 Å². The van der Waals surface area contributed by atoms with E-state index in [0.717, 1.165) is 121 Å². The SMILES string of the molecule is C[C@@H]1CN(Cc2ccccc2)CC1c1nn2c(C3CCOCC3)ncc2c(=O)[nH]1.C[C@@H]1CN(Cc2ccccc2)CC1c1nnc(CN)c(=O)[nH]1.C[C@@H]1CN(Cc2ccccc2)CC1c1nnc(CNC(=O)C2CCOCC2)c(=O)[nH]1.C[C@@H]1CN(Cc2ccccc2)C[C@H]1c1nnc(CN2C(=O)c3ccccc3C2=O)c(=O)[nH]1.NN.O.O=C(ON1C(=O)CCC1=O)C1CCOCC1. The van der Waals surface area contributed by atoms with Gasteiger partial charge in [-0.05, 0) is 96.6 Å². The van der Waals surface area contributed by atoms with Gasteiger partial charge in [-0.2, -0.15) is 5.10 Å². The molecule has 13 N–H and O–H groups in total. The Hall–Kier alpha value is -12.3. The third-order valence-corrected chi connectivity index (χ3v) is 25.7. The summed E-state index contributed by atoms with van der Waals surface area (Å²) in [7, 11) is 0. The number of fused-ring (bicyclic) bond motifs is 2. The van der Waals surface area contributed by atoms with Gasteiger partial charge in [-0.1, -0.05) is 161 Å². The normalized spacial score (nSPS) is 21.9. The number of hydroxylamine groups is 2. The average molecular weight is 1810 g/mol. The average Bonchev–Trinajstić information content (AvgIpc) is 1.62. The van der Waals surface area contributed by atoms with Crippen LogP contribution in [0.15, 0.2) is 171 Å². The topological polar surface area (TPSA) is 519 Å². The van der Waals surface area contributed by atoms with Gasteiger partial charge in [0.2, 0.25) is 5.91 Å². The summed E-state index contributed by atoms with van der Waals surface area (Å²) in [6.07, 6.45) is 6.34. The molecule has 9 aliphatic heterocycles. The number of H-pyrrole nitrogens is 4. The van der Waals surface area contributed by atoms with Crippen LogP contribution < -0.4 is 45.0 Å². The molecule has 0 bridgehead atoms. The van der Waals surface area contributed by atoms with Crippen molar-refractivity contribution < 1.29 is 53.3 Å². The summed E-state index contributed by atoms with van der Waals surface area (Å²) < 4.78 is 17.7. The minimum Gasteiger partial charge on any atom is -0.412 e. The highest BCUT2D eigenvalue weighted by molar-refractivity contribution is 6.21. The maximum Gasteiger partial charge on any atom is 0.336 e. The van der Waals surface area contributed by atoms with Crippen LogP contribution in [0, 0.1) is 35.5 Å². The van der Waals surface area contributed by atoms with E-state index < -0.39 is 35.2 Å². The molecule has 0 aliphatic carbocycles. The van der Waals surface area contributed by atoms with E-state index in [2.05, 4.69) is 205 Å². The van der Waals surface area contributed by atoms with Gasteiger partial charge in [-0.25, -0.2) is 14.3 Å². The molecule has 0 radical (unpaired) electrons. The molecule has 5 amide bonds. The van der Waals surface area contributed by atoms with Crippen LogP contribution in [-0.2, 0) is 84.0 Å². The van der Waals surface area contributed by atoms with Crippen molar-refractivity contribution in [2.75, 3.05) is 92.0 Å². The molecule has 0 saturated carbocycles. The molecule has 5 aromatic carbocycles. The number of carbonyl (C=O) groups excluding carboxylic acids is 6. The number of nitrogens with one attached hydrogen (secondary N) is 5. The van der Waals surface area contributed by atoms with E-state index in [-0.39, 0.29) is 113 Å². The molecule has 0 spiro atoms. The van der Waals surface area contributed by atoms with E-state index in [1.165, 1.54) is 22.3 Å². The molecule has 38 nitrogen and oxygen atoms in total. The number of imidazole rings is 1. The summed E-state index contributed by atoms with van der Waals surface area (Å²) >= 11 is 0. The summed E-state index contributed by atoms with van der Waals surface area (Å²) in [5, 5.41) is 33.2. The first-order valence-corrected chi connectivity index (χ1v) is 45.1. The highest BCUT2D eigenvalue weighted by atomic mass is 16.7. The first-order chi connectivity index (χ1) is 63.6. The van der Waals surface area contributed by atoms with Crippen LogP contribution in [0.25, 0.3) is 5.52 Å². The summed E-state index contributed by atoms with van der Waals surface area (Å²) in [4.78, 5) is 153. The van der Waals surface area contributed by atoms with Gasteiger partial charge in [0, 0.05) is 173 Å². The molecule has 8 fully saturated rings. The Balaban J connectivity index is 0.000000142. The zero-order chi connectivity index (χ0) is 92.0. The van der Waals surface area contributed by atoms with Crippen molar-refractivity contribution in [1.29, 1.82) is 0 Å². The van der Waals surface area contributed by atoms with E-state index in [4.69, 9.17) is 29.9 Å². The Morgan fingerprint density at radius 3 is 1.18 bits per heavy atom. The lowest BCUT2D eigenvalue weighted by Gasteiger charge is -2.22. The highest BCUT2D eigenvalue weighted by Gasteiger charge is 2.41. The van der Waals surface area contributed by atoms with Crippen molar-refractivity contribution in [2.24, 2.45) is 52.9 Å². The molecule has 9 aliphatic rings. The second-order valence-electron chi connectivity index (χ2n) is 35.1. The van der Waals surface area contributed by atoms with E-state index in [1.807, 2.05) is 36.4 Å². The molecular formula is C94H119N23O15. The van der Waals surface area contributed by atoms with Crippen LogP contribution in [0.4, 0.5) is 0 Å². The van der Waals surface area contributed by atoms with Crippen LogP contribution in [0.5, 0.6) is 0 Å². The number of hydrogen-bond acceptors (Lipinski definition) is 29. The summed E-state index contributed by atoms with van der Waals surface area (Å²) in [6.45, 7) is 23.3. The second-order valence-corrected chi connectivity index (χ2v) is 35.1. The molecule has 8 saturated heterocycles. The predicted octanol–water partition coefficient (Wildman–Crippen LogP) is 5.06. The summed E-state index contributed by atoms with van der Waals surface area (Å²) in [5.41, 5.74) is 11.4. The maximum absolute atomic E-state index is 12.7. The van der Waals surface area contributed by atoms with Gasteiger partial charge in [-0.3, -0.25) is 79.3 Å². The van der Waals surface area contributed by atoms with Gasteiger partial charge in [0.1, 0.15) is 46.2 Å². The Bertz CT molecular complexity index is 5720. The number of likely N-dealkylation sites (tertiary alicyclic amines) is 4. The smallest absolute Gasteiger partial charge is 0.336 e. The number of aromatic amines is 4. The number of benzene rings is 5. The number of carbonyl (C=O) groups is 6. The first kappa shape index (κ1) is 97.2. The fourth-order valence-corrected chi connectivity index (χ4v) is 18.4. The number of hydrogen-bond donors (Lipinski definition) is 8. The van der Waals surface area contributed by atoms with Gasteiger partial charge >= 0.3 is 5.97 Å². The summed E-state index contributed by atoms with van der Waals surface area (Å²) in [6, 6.07) is 48.2. The number of nitrogens with two attached hydrogens (primary N) is 3. The zero-order valence-electron chi connectivity index (χ0n) is 74.9. The van der Waals surface area contributed by atoms with Crippen LogP contribution in [0.1, 0.15) is 198 Å². The Morgan fingerprint density at radius 1 is 0.432 bits per heavy atom. The monoisotopic (exact) mass is 1810 g/mol. The largest absolute Gasteiger partial charge is 0.412 e. The lowest BCUT2D eigenvalue weighted by Crippen LogP contribution is -2.36. The van der Waals surface area contributed by atoms with Crippen molar-refractivity contribution >= 4 is 41.0 Å². The van der Waals surface area contributed by atoms with Gasteiger partial charge in [-0.15, -0.1) is 35.7 Å². The lowest BCUT2D eigenvalue weighted by molar-refractivity contribution is -0.202. The third-order valence-electron chi connectivity index (χ3n) is 25.7. The molecule has 700 valence electrons. The minimum absolute atomic E-state index is 0. The van der Waals surface area contributed by atoms with Gasteiger partial charge in [0.15, 0.2) is 5.52 Å². The lowest BCUT2D eigenvalue weighted by atomic mass is 9.97. The van der Waals surface area contributed by atoms with Gasteiger partial charge < -0.3 is 55.5 Å². The van der Waals surface area contributed by atoms with Gasteiger partial charge in [0.25, 0.3) is 45.9 Å². The van der Waals surface area contributed by atoms with Crippen LogP contribution >= 0.6 is 0 Å². The van der Waals surface area contributed by atoms with E-state index >= 15 is 0 Å². The van der Waals surface area contributed by atoms with E-state index in [9.17, 15) is 47.9 Å². The number of amides is 5. The fourth-order valence-electron chi connectivity index (χ4n) is 18.4. The number of rotatable bonds is 21. The van der Waals surface area contributed by atoms with Crippen molar-refractivity contribution in [1.82, 2.24) is 100 Å². The number of hydrazine groups is 1. The highest BCUT2D eigenvalue weighted by Crippen LogP contribution is 2.36. The first-order valence-electron chi connectivity index (χ1n) is 45.1. The Morgan fingerprint density at radius 2 is 0.788 bits per heavy atom. The zero-order valence-corrected chi connectivity index (χ0v) is 74.9. The Kier molecular flexibility index (Phi) is 34.3.